The maximum absolute atomic E-state index is 12.6. The molecule has 3 aromatic carbocycles. The molecule has 1 saturated heterocycles. The number of anilines is 1. The number of nitrogen functional groups attached to an aromatic ring is 1. The van der Waals surface area contributed by atoms with E-state index in [2.05, 4.69) is 4.90 Å². The third-order valence-electron chi connectivity index (χ3n) is 5.31. The summed E-state index contributed by atoms with van der Waals surface area (Å²) >= 11 is 5.95. The van der Waals surface area contributed by atoms with Crippen LogP contribution in [0.25, 0.3) is 10.8 Å². The lowest BCUT2D eigenvalue weighted by Gasteiger charge is -2.34. The average Bonchev–Trinajstić information content (AvgIpc) is 2.74. The fraction of sp³-hybridized carbons (Fsp3) is 0.261. The van der Waals surface area contributed by atoms with Crippen molar-refractivity contribution >= 4 is 34.0 Å². The van der Waals surface area contributed by atoms with Crippen LogP contribution in [0.2, 0.25) is 5.02 Å². The predicted octanol–water partition coefficient (Wildman–Crippen LogP) is 3.80. The molecule has 0 aromatic heterocycles. The summed E-state index contributed by atoms with van der Waals surface area (Å²) in [5.74, 6) is 0.696. The van der Waals surface area contributed by atoms with E-state index in [4.69, 9.17) is 22.1 Å². The van der Waals surface area contributed by atoms with Gasteiger partial charge in [-0.1, -0.05) is 48.0 Å². The van der Waals surface area contributed by atoms with Crippen LogP contribution in [0, 0.1) is 0 Å². The first-order chi connectivity index (χ1) is 14.1. The zero-order valence-electron chi connectivity index (χ0n) is 16.2. The summed E-state index contributed by atoms with van der Waals surface area (Å²) < 4.78 is 5.85. The number of piperazine rings is 1. The van der Waals surface area contributed by atoms with Crippen LogP contribution in [0.5, 0.6) is 5.75 Å². The second-order valence-electron chi connectivity index (χ2n) is 7.27. The highest BCUT2D eigenvalue weighted by molar-refractivity contribution is 6.30. The summed E-state index contributed by atoms with van der Waals surface area (Å²) in [6, 6.07) is 19.4. The molecule has 150 valence electrons. The third-order valence-corrected chi connectivity index (χ3v) is 5.56. The number of nitrogens with two attached hydrogens (primary N) is 1. The number of rotatable bonds is 5. The number of carbonyl (C=O) groups excluding carboxylic acids is 1. The Morgan fingerprint density at radius 2 is 1.62 bits per heavy atom. The second-order valence-corrected chi connectivity index (χ2v) is 7.71. The predicted molar refractivity (Wildman–Crippen MR) is 117 cm³/mol. The maximum atomic E-state index is 12.6. The van der Waals surface area contributed by atoms with Gasteiger partial charge in [-0.3, -0.25) is 9.69 Å². The first-order valence-corrected chi connectivity index (χ1v) is 10.1. The highest BCUT2D eigenvalue weighted by atomic mass is 35.5. The van der Waals surface area contributed by atoms with Gasteiger partial charge in [-0.2, -0.15) is 0 Å². The lowest BCUT2D eigenvalue weighted by atomic mass is 10.1. The Hall–Kier alpha value is -2.76. The molecule has 5 nitrogen and oxygen atoms in total. The molecular weight excluding hydrogens is 386 g/mol. The number of carbonyl (C=O) groups is 1. The van der Waals surface area contributed by atoms with Crippen molar-refractivity contribution < 1.29 is 9.53 Å². The molecule has 0 aliphatic carbocycles. The van der Waals surface area contributed by atoms with Crippen LogP contribution in [0.4, 0.5) is 5.69 Å². The zero-order chi connectivity index (χ0) is 20.2. The topological polar surface area (TPSA) is 58.8 Å². The number of nitrogens with zero attached hydrogens (tertiary/aromatic N) is 2. The number of hydrogen-bond acceptors (Lipinski definition) is 4. The molecule has 0 unspecified atom stereocenters. The molecule has 1 amide bonds. The summed E-state index contributed by atoms with van der Waals surface area (Å²) in [5, 5.41) is 2.61. The summed E-state index contributed by atoms with van der Waals surface area (Å²) in [6.45, 7) is 4.01. The number of benzene rings is 3. The Bertz CT molecular complexity index is 999. The van der Waals surface area contributed by atoms with Crippen molar-refractivity contribution in [2.75, 3.05) is 38.5 Å². The Labute approximate surface area is 175 Å². The SMILES string of the molecule is Nc1cccc2c(OCC(=O)N3CCN(Cc4ccc(Cl)cc4)CC3)cccc12. The molecule has 0 atom stereocenters. The van der Waals surface area contributed by atoms with Crippen LogP contribution < -0.4 is 10.5 Å². The van der Waals surface area contributed by atoms with E-state index in [1.807, 2.05) is 65.6 Å². The fourth-order valence-corrected chi connectivity index (χ4v) is 3.79. The van der Waals surface area contributed by atoms with E-state index in [-0.39, 0.29) is 12.5 Å². The molecule has 1 aliphatic heterocycles. The van der Waals surface area contributed by atoms with Crippen LogP contribution in [-0.4, -0.2) is 48.5 Å². The molecule has 29 heavy (non-hydrogen) atoms. The first kappa shape index (κ1) is 19.6. The third kappa shape index (κ3) is 4.63. The maximum Gasteiger partial charge on any atom is 0.260 e. The molecule has 1 heterocycles. The second kappa shape index (κ2) is 8.72. The van der Waals surface area contributed by atoms with E-state index in [0.717, 1.165) is 35.4 Å². The van der Waals surface area contributed by atoms with E-state index in [0.29, 0.717) is 24.5 Å². The number of halogens is 1. The Balaban J connectivity index is 1.30. The molecule has 1 aliphatic rings. The van der Waals surface area contributed by atoms with E-state index in [1.54, 1.807) is 0 Å². The van der Waals surface area contributed by atoms with Gasteiger partial charge in [0.1, 0.15) is 5.75 Å². The Kier molecular flexibility index (Phi) is 5.88. The Morgan fingerprint density at radius 3 is 2.38 bits per heavy atom. The average molecular weight is 410 g/mol. The smallest absolute Gasteiger partial charge is 0.260 e. The van der Waals surface area contributed by atoms with Crippen molar-refractivity contribution in [2.24, 2.45) is 0 Å². The molecule has 4 rings (SSSR count). The van der Waals surface area contributed by atoms with Crippen molar-refractivity contribution in [3.05, 3.63) is 71.2 Å². The highest BCUT2D eigenvalue weighted by Crippen LogP contribution is 2.29. The minimum Gasteiger partial charge on any atom is -0.483 e. The summed E-state index contributed by atoms with van der Waals surface area (Å²) in [5.41, 5.74) is 7.97. The molecule has 3 aromatic rings. The fourth-order valence-electron chi connectivity index (χ4n) is 3.67. The van der Waals surface area contributed by atoms with E-state index in [9.17, 15) is 4.79 Å². The molecule has 0 bridgehead atoms. The molecule has 1 fully saturated rings. The summed E-state index contributed by atoms with van der Waals surface area (Å²) in [4.78, 5) is 16.8. The van der Waals surface area contributed by atoms with Crippen LogP contribution in [-0.2, 0) is 11.3 Å². The number of fused-ring (bicyclic) bond motifs is 1. The van der Waals surface area contributed by atoms with Gasteiger partial charge in [0.25, 0.3) is 5.91 Å². The minimum absolute atomic E-state index is 0.0112. The largest absolute Gasteiger partial charge is 0.483 e. The molecule has 0 radical (unpaired) electrons. The number of amides is 1. The van der Waals surface area contributed by atoms with Gasteiger partial charge >= 0.3 is 0 Å². The summed E-state index contributed by atoms with van der Waals surface area (Å²) in [7, 11) is 0. The standard InChI is InChI=1S/C23H24ClN3O2/c24-18-9-7-17(8-10-18)15-26-11-13-27(14-12-26)23(28)16-29-22-6-2-3-19-20(22)4-1-5-21(19)25/h1-10H,11-16,25H2. The molecule has 0 spiro atoms. The van der Waals surface area contributed by atoms with Crippen molar-refractivity contribution in [3.63, 3.8) is 0 Å². The molecule has 0 saturated carbocycles. The van der Waals surface area contributed by atoms with Crippen molar-refractivity contribution in [1.29, 1.82) is 0 Å². The van der Waals surface area contributed by atoms with Crippen LogP contribution >= 0.6 is 11.6 Å². The van der Waals surface area contributed by atoms with E-state index >= 15 is 0 Å². The van der Waals surface area contributed by atoms with Gasteiger partial charge in [-0.25, -0.2) is 0 Å². The zero-order valence-corrected chi connectivity index (χ0v) is 16.9. The van der Waals surface area contributed by atoms with Gasteiger partial charge < -0.3 is 15.4 Å². The number of hydrogen-bond donors (Lipinski definition) is 1. The van der Waals surface area contributed by atoms with Crippen LogP contribution in [0.1, 0.15) is 5.56 Å². The van der Waals surface area contributed by atoms with Crippen molar-refractivity contribution in [1.82, 2.24) is 9.80 Å². The first-order valence-electron chi connectivity index (χ1n) is 9.75. The minimum atomic E-state index is 0.0112. The van der Waals surface area contributed by atoms with Gasteiger partial charge in [-0.15, -0.1) is 0 Å². The van der Waals surface area contributed by atoms with E-state index in [1.165, 1.54) is 5.56 Å². The van der Waals surface area contributed by atoms with Crippen LogP contribution in [0.3, 0.4) is 0 Å². The lowest BCUT2D eigenvalue weighted by molar-refractivity contribution is -0.135. The van der Waals surface area contributed by atoms with Gasteiger partial charge in [0.2, 0.25) is 0 Å². The van der Waals surface area contributed by atoms with Gasteiger partial charge in [-0.05, 0) is 29.8 Å². The van der Waals surface area contributed by atoms with Crippen molar-refractivity contribution in [3.8, 4) is 5.75 Å². The quantitative estimate of drug-likeness (QED) is 0.651. The van der Waals surface area contributed by atoms with Crippen LogP contribution in [0.15, 0.2) is 60.7 Å². The molecular formula is C23H24ClN3O2. The monoisotopic (exact) mass is 409 g/mol. The van der Waals surface area contributed by atoms with Crippen molar-refractivity contribution in [2.45, 2.75) is 6.54 Å². The normalized spacial score (nSPS) is 14.9. The highest BCUT2D eigenvalue weighted by Gasteiger charge is 2.21. The lowest BCUT2D eigenvalue weighted by Crippen LogP contribution is -2.49. The molecule has 6 heteroatoms. The molecule has 2 N–H and O–H groups in total. The number of ether oxygens (including phenoxy) is 1. The van der Waals surface area contributed by atoms with Gasteiger partial charge in [0.05, 0.1) is 0 Å². The van der Waals surface area contributed by atoms with E-state index < -0.39 is 0 Å². The van der Waals surface area contributed by atoms with Gasteiger partial charge in [0.15, 0.2) is 6.61 Å². The van der Waals surface area contributed by atoms with Gasteiger partial charge in [0, 0.05) is 54.2 Å². The Morgan fingerprint density at radius 1 is 0.931 bits per heavy atom. The summed E-state index contributed by atoms with van der Waals surface area (Å²) in [6.07, 6.45) is 0.